The van der Waals surface area contributed by atoms with Gasteiger partial charge in [0.25, 0.3) is 0 Å². The van der Waals surface area contributed by atoms with Crippen molar-refractivity contribution in [3.8, 4) is 23.0 Å². The molecule has 1 aliphatic rings. The number of ether oxygens (including phenoxy) is 4. The van der Waals surface area contributed by atoms with E-state index < -0.39 is 0 Å². The molecule has 3 aromatic rings. The average Bonchev–Trinajstić information content (AvgIpc) is 2.87. The number of hydrogen-bond acceptors (Lipinski definition) is 5. The van der Waals surface area contributed by atoms with E-state index in [2.05, 4.69) is 10.2 Å². The van der Waals surface area contributed by atoms with Gasteiger partial charge in [0.1, 0.15) is 12.4 Å². The lowest BCUT2D eigenvalue weighted by Gasteiger charge is -2.39. The number of methoxy groups -OCH3 is 3. The maximum atomic E-state index is 13.3. The van der Waals surface area contributed by atoms with Crippen LogP contribution in [0.15, 0.2) is 60.7 Å². The molecule has 1 N–H and O–H groups in total. The van der Waals surface area contributed by atoms with Crippen molar-refractivity contribution in [3.05, 3.63) is 77.6 Å². The maximum Gasteiger partial charge on any atom is 0.174 e. The Morgan fingerprint density at radius 2 is 1.59 bits per heavy atom. The van der Waals surface area contributed by atoms with Crippen molar-refractivity contribution in [2.24, 2.45) is 0 Å². The minimum absolute atomic E-state index is 0.200. The topological polar surface area (TPSA) is 52.2 Å². The zero-order chi connectivity index (χ0) is 24.1. The number of nitrogens with one attached hydrogen (secondary N) is 1. The number of benzene rings is 3. The summed E-state index contributed by atoms with van der Waals surface area (Å²) in [6.07, 6.45) is 0.770. The van der Waals surface area contributed by atoms with Crippen LogP contribution >= 0.6 is 12.2 Å². The largest absolute Gasteiger partial charge is 0.493 e. The van der Waals surface area contributed by atoms with Gasteiger partial charge in [0.15, 0.2) is 28.1 Å². The summed E-state index contributed by atoms with van der Waals surface area (Å²) in [5, 5.41) is 3.75. The number of para-hydroxylation sites is 2. The van der Waals surface area contributed by atoms with E-state index in [1.807, 2.05) is 36.4 Å². The summed E-state index contributed by atoms with van der Waals surface area (Å²) >= 11 is 5.77. The molecule has 4 rings (SSSR count). The van der Waals surface area contributed by atoms with Gasteiger partial charge in [0, 0.05) is 12.2 Å². The molecule has 1 aliphatic heterocycles. The fraction of sp³-hybridized carbons (Fsp3) is 0.269. The van der Waals surface area contributed by atoms with E-state index >= 15 is 0 Å². The number of thiocarbonyl (C=S) groups is 1. The molecular formula is C26H27FN2O4S. The first-order valence-electron chi connectivity index (χ1n) is 10.9. The van der Waals surface area contributed by atoms with E-state index in [0.29, 0.717) is 46.9 Å². The molecule has 8 heteroatoms. The Hall–Kier alpha value is -3.52. The Morgan fingerprint density at radius 1 is 0.941 bits per heavy atom. The molecule has 0 aliphatic carbocycles. The van der Waals surface area contributed by atoms with Crippen molar-refractivity contribution in [2.75, 3.05) is 39.8 Å². The quantitative estimate of drug-likeness (QED) is 0.463. The van der Waals surface area contributed by atoms with Crippen LogP contribution < -0.4 is 24.3 Å². The third-order valence-electron chi connectivity index (χ3n) is 5.82. The monoisotopic (exact) mass is 482 g/mol. The van der Waals surface area contributed by atoms with Crippen molar-refractivity contribution in [2.45, 2.75) is 12.5 Å². The van der Waals surface area contributed by atoms with Crippen molar-refractivity contribution in [1.82, 2.24) is 4.90 Å². The molecule has 1 unspecified atom stereocenters. The molecule has 0 saturated carbocycles. The van der Waals surface area contributed by atoms with Crippen LogP contribution in [0, 0.1) is 5.82 Å². The highest BCUT2D eigenvalue weighted by atomic mass is 32.1. The van der Waals surface area contributed by atoms with Gasteiger partial charge in [-0.05, 0) is 78.3 Å². The lowest BCUT2D eigenvalue weighted by atomic mass is 9.92. The van der Waals surface area contributed by atoms with E-state index in [4.69, 9.17) is 31.2 Å². The molecule has 0 amide bonds. The Labute approximate surface area is 204 Å². The van der Waals surface area contributed by atoms with Crippen molar-refractivity contribution < 1.29 is 23.3 Å². The Bertz CT molecular complexity index is 1160. The fourth-order valence-corrected chi connectivity index (χ4v) is 4.42. The summed E-state index contributed by atoms with van der Waals surface area (Å²) in [6.45, 7) is 1.00. The predicted molar refractivity (Wildman–Crippen MR) is 134 cm³/mol. The lowest BCUT2D eigenvalue weighted by molar-refractivity contribution is 0.185. The molecule has 0 aromatic heterocycles. The Kier molecular flexibility index (Phi) is 7.37. The number of hydrogen-bond donors (Lipinski definition) is 1. The van der Waals surface area contributed by atoms with Crippen LogP contribution in [0.3, 0.4) is 0 Å². The van der Waals surface area contributed by atoms with Crippen LogP contribution in [0.25, 0.3) is 0 Å². The molecule has 0 radical (unpaired) electrons. The Balaban J connectivity index is 1.66. The van der Waals surface area contributed by atoms with Gasteiger partial charge in [0.2, 0.25) is 0 Å². The fourth-order valence-electron chi connectivity index (χ4n) is 4.09. The lowest BCUT2D eigenvalue weighted by Crippen LogP contribution is -2.44. The van der Waals surface area contributed by atoms with Crippen molar-refractivity contribution in [3.63, 3.8) is 0 Å². The van der Waals surface area contributed by atoms with Crippen LogP contribution in [0.2, 0.25) is 0 Å². The zero-order valence-corrected chi connectivity index (χ0v) is 20.2. The normalized spacial score (nSPS) is 14.7. The molecule has 0 spiro atoms. The van der Waals surface area contributed by atoms with Gasteiger partial charge in [0.05, 0.1) is 27.4 Å². The van der Waals surface area contributed by atoms with E-state index in [1.54, 1.807) is 33.5 Å². The van der Waals surface area contributed by atoms with E-state index in [9.17, 15) is 4.39 Å². The first-order valence-corrected chi connectivity index (χ1v) is 11.3. The molecule has 34 heavy (non-hydrogen) atoms. The smallest absolute Gasteiger partial charge is 0.174 e. The van der Waals surface area contributed by atoms with E-state index in [1.165, 1.54) is 12.1 Å². The number of halogens is 1. The van der Waals surface area contributed by atoms with E-state index in [-0.39, 0.29) is 11.9 Å². The Morgan fingerprint density at radius 3 is 2.26 bits per heavy atom. The summed E-state index contributed by atoms with van der Waals surface area (Å²) in [7, 11) is 4.86. The summed E-state index contributed by atoms with van der Waals surface area (Å²) < 4.78 is 36.1. The second-order valence-corrected chi connectivity index (χ2v) is 8.15. The maximum absolute atomic E-state index is 13.3. The SMILES string of the molecule is COc1cc2c(cc1OC)C(COc1ccccc1OC)N(C(=S)Nc1ccc(F)cc1)CC2. The third-order valence-corrected chi connectivity index (χ3v) is 6.16. The summed E-state index contributed by atoms with van der Waals surface area (Å²) in [5.74, 6) is 2.33. The van der Waals surface area contributed by atoms with Gasteiger partial charge in [-0.15, -0.1) is 0 Å². The number of fused-ring (bicyclic) bond motifs is 1. The molecule has 1 atom stereocenters. The number of anilines is 1. The standard InChI is InChI=1S/C26H27FN2O4S/c1-30-22-6-4-5-7-23(22)33-16-21-20-15-25(32-3)24(31-2)14-17(20)12-13-29(21)26(34)28-19-10-8-18(27)9-11-19/h4-11,14-15,21H,12-13,16H2,1-3H3,(H,28,34). The van der Waals surface area contributed by atoms with Crippen LogP contribution in [0.4, 0.5) is 10.1 Å². The number of nitrogens with zero attached hydrogens (tertiary/aromatic N) is 1. The molecule has 1 heterocycles. The average molecular weight is 483 g/mol. The zero-order valence-electron chi connectivity index (χ0n) is 19.3. The van der Waals surface area contributed by atoms with Gasteiger partial charge >= 0.3 is 0 Å². The predicted octanol–water partition coefficient (Wildman–Crippen LogP) is 5.23. The highest BCUT2D eigenvalue weighted by Crippen LogP contribution is 2.39. The minimum atomic E-state index is -0.299. The first kappa shape index (κ1) is 23.6. The van der Waals surface area contributed by atoms with Crippen LogP contribution in [-0.2, 0) is 6.42 Å². The van der Waals surface area contributed by atoms with Crippen LogP contribution in [0.5, 0.6) is 23.0 Å². The minimum Gasteiger partial charge on any atom is -0.493 e. The highest BCUT2D eigenvalue weighted by Gasteiger charge is 2.31. The van der Waals surface area contributed by atoms with Gasteiger partial charge in [-0.2, -0.15) is 0 Å². The summed E-state index contributed by atoms with van der Waals surface area (Å²) in [4.78, 5) is 2.09. The van der Waals surface area contributed by atoms with Gasteiger partial charge < -0.3 is 29.2 Å². The second kappa shape index (κ2) is 10.6. The van der Waals surface area contributed by atoms with Gasteiger partial charge in [-0.25, -0.2) is 4.39 Å². The molecule has 6 nitrogen and oxygen atoms in total. The summed E-state index contributed by atoms with van der Waals surface area (Å²) in [5.41, 5.74) is 2.91. The molecule has 178 valence electrons. The molecule has 0 bridgehead atoms. The molecule has 0 saturated heterocycles. The van der Waals surface area contributed by atoms with E-state index in [0.717, 1.165) is 17.5 Å². The van der Waals surface area contributed by atoms with Crippen LogP contribution in [0.1, 0.15) is 17.2 Å². The van der Waals surface area contributed by atoms with Gasteiger partial charge in [-0.3, -0.25) is 0 Å². The molecule has 3 aromatic carbocycles. The van der Waals surface area contributed by atoms with Crippen LogP contribution in [-0.4, -0.2) is 44.5 Å². The molecule has 0 fully saturated rings. The van der Waals surface area contributed by atoms with Crippen molar-refractivity contribution in [1.29, 1.82) is 0 Å². The van der Waals surface area contributed by atoms with Gasteiger partial charge in [-0.1, -0.05) is 12.1 Å². The molecular weight excluding hydrogens is 455 g/mol. The third kappa shape index (κ3) is 5.02. The number of rotatable bonds is 7. The second-order valence-electron chi connectivity index (χ2n) is 7.76. The van der Waals surface area contributed by atoms with Crippen molar-refractivity contribution >= 4 is 23.0 Å². The summed E-state index contributed by atoms with van der Waals surface area (Å²) in [6, 6.07) is 17.4. The highest BCUT2D eigenvalue weighted by molar-refractivity contribution is 7.80. The first-order chi connectivity index (χ1) is 16.5.